The second kappa shape index (κ2) is 18.1. The molecular formula is C30H40N2O4. The number of Topliss-reactive ketones (excluding diaryl/α,β-unsaturated/α-hetero) is 2. The van der Waals surface area contributed by atoms with E-state index in [1.54, 1.807) is 61.0 Å². The van der Waals surface area contributed by atoms with Crippen molar-refractivity contribution in [3.8, 4) is 11.5 Å². The average molecular weight is 493 g/mol. The first-order chi connectivity index (χ1) is 17.7. The molecule has 6 heteroatoms. The van der Waals surface area contributed by atoms with Crippen LogP contribution < -0.4 is 9.47 Å². The van der Waals surface area contributed by atoms with E-state index in [9.17, 15) is 9.59 Å². The molecule has 194 valence electrons. The van der Waals surface area contributed by atoms with Gasteiger partial charge in [0.1, 0.15) is 24.7 Å². The molecule has 0 atom stereocenters. The summed E-state index contributed by atoms with van der Waals surface area (Å²) in [5.74, 6) is -0.547. The number of rotatable bonds is 19. The molecule has 0 saturated carbocycles. The van der Waals surface area contributed by atoms with Gasteiger partial charge in [-0.2, -0.15) is 0 Å². The minimum atomic E-state index is -0.636. The van der Waals surface area contributed by atoms with Gasteiger partial charge in [0.25, 0.3) is 0 Å². The number of para-hydroxylation sites is 2. The Morgan fingerprint density at radius 2 is 1.06 bits per heavy atom. The fourth-order valence-corrected chi connectivity index (χ4v) is 3.61. The largest absolute Gasteiger partial charge is 0.487 e. The van der Waals surface area contributed by atoms with Gasteiger partial charge in [-0.15, -0.1) is 0 Å². The van der Waals surface area contributed by atoms with E-state index in [0.29, 0.717) is 11.5 Å². The third-order valence-corrected chi connectivity index (χ3v) is 5.64. The molecule has 0 unspecified atom stereocenters. The van der Waals surface area contributed by atoms with Gasteiger partial charge < -0.3 is 9.47 Å². The number of benzene rings is 2. The number of aliphatic imine (C=N–C) groups is 2. The Bertz CT molecular complexity index is 905. The maximum atomic E-state index is 13.1. The molecular weight excluding hydrogens is 452 g/mol. The fraction of sp³-hybridized carbons (Fsp3) is 0.467. The molecule has 0 heterocycles. The summed E-state index contributed by atoms with van der Waals surface area (Å²) in [6, 6.07) is 13.6. The van der Waals surface area contributed by atoms with Crippen molar-refractivity contribution in [1.82, 2.24) is 0 Å². The lowest BCUT2D eigenvalue weighted by Crippen LogP contribution is -2.17. The van der Waals surface area contributed by atoms with Crippen molar-refractivity contribution in [3.63, 3.8) is 0 Å². The molecule has 0 amide bonds. The maximum Gasteiger partial charge on any atom is 0.237 e. The minimum absolute atomic E-state index is 0.224. The lowest BCUT2D eigenvalue weighted by molar-refractivity contribution is 0.0813. The Kier molecular flexibility index (Phi) is 14.5. The Labute approximate surface area is 215 Å². The lowest BCUT2D eigenvalue weighted by atomic mass is 10.00. The first kappa shape index (κ1) is 29.0. The van der Waals surface area contributed by atoms with E-state index in [0.717, 1.165) is 25.9 Å². The van der Waals surface area contributed by atoms with Crippen molar-refractivity contribution in [2.75, 3.05) is 26.3 Å². The molecule has 0 saturated heterocycles. The van der Waals surface area contributed by atoms with E-state index >= 15 is 0 Å². The summed E-state index contributed by atoms with van der Waals surface area (Å²) in [5.41, 5.74) is 0.449. The molecule has 6 nitrogen and oxygen atoms in total. The maximum absolute atomic E-state index is 13.1. The summed E-state index contributed by atoms with van der Waals surface area (Å²) < 4.78 is 11.5. The first-order valence-electron chi connectivity index (χ1n) is 13.2. The zero-order valence-corrected chi connectivity index (χ0v) is 21.8. The monoisotopic (exact) mass is 492 g/mol. The molecule has 0 bridgehead atoms. The second-order valence-corrected chi connectivity index (χ2v) is 8.57. The Morgan fingerprint density at radius 1 is 0.639 bits per heavy atom. The van der Waals surface area contributed by atoms with Gasteiger partial charge in [0, 0.05) is 25.5 Å². The summed E-state index contributed by atoms with van der Waals surface area (Å²) in [5, 5.41) is 0. The Hall–Kier alpha value is -3.28. The van der Waals surface area contributed by atoms with Crippen LogP contribution in [0.25, 0.3) is 0 Å². The van der Waals surface area contributed by atoms with Gasteiger partial charge in [-0.25, -0.2) is 0 Å². The Morgan fingerprint density at radius 3 is 1.47 bits per heavy atom. The van der Waals surface area contributed by atoms with Crippen molar-refractivity contribution < 1.29 is 19.1 Å². The van der Waals surface area contributed by atoms with E-state index in [2.05, 4.69) is 23.8 Å². The van der Waals surface area contributed by atoms with E-state index in [-0.39, 0.29) is 24.3 Å². The standard InChI is InChI=1S/C30H40N2O4/c1-3-5-7-13-19-31-21-23-35-27-17-11-9-15-25(27)29(33)30(34)26-16-10-12-18-28(26)36-24-22-32-20-14-8-6-4-2/h9-12,15-18,21-22H,3-8,13-14,19-20,23-24H2,1-2H3. The molecule has 0 aromatic heterocycles. The molecule has 2 aromatic rings. The highest BCUT2D eigenvalue weighted by Crippen LogP contribution is 2.24. The van der Waals surface area contributed by atoms with Crippen LogP contribution in [0.5, 0.6) is 11.5 Å². The van der Waals surface area contributed by atoms with Gasteiger partial charge in [0.15, 0.2) is 0 Å². The summed E-state index contributed by atoms with van der Waals surface area (Å²) in [4.78, 5) is 34.9. The highest BCUT2D eigenvalue weighted by atomic mass is 16.5. The number of ketones is 2. The van der Waals surface area contributed by atoms with Gasteiger partial charge >= 0.3 is 0 Å². The molecule has 0 spiro atoms. The number of carbonyl (C=O) groups is 2. The number of carbonyl (C=O) groups excluding carboxylic acids is 2. The van der Waals surface area contributed by atoms with Gasteiger partial charge in [-0.05, 0) is 37.1 Å². The summed E-state index contributed by atoms with van der Waals surface area (Å²) in [6.45, 7) is 6.37. The molecule has 0 aliphatic heterocycles. The van der Waals surface area contributed by atoms with Crippen LogP contribution in [-0.2, 0) is 0 Å². The number of hydrogen-bond acceptors (Lipinski definition) is 6. The van der Waals surface area contributed by atoms with Crippen molar-refractivity contribution in [1.29, 1.82) is 0 Å². The quantitative estimate of drug-likeness (QED) is 0.0934. The molecule has 0 fully saturated rings. The van der Waals surface area contributed by atoms with E-state index in [1.165, 1.54) is 38.5 Å². The number of unbranched alkanes of at least 4 members (excludes halogenated alkanes) is 6. The van der Waals surface area contributed by atoms with Gasteiger partial charge in [-0.1, -0.05) is 76.6 Å². The van der Waals surface area contributed by atoms with Crippen molar-refractivity contribution in [2.24, 2.45) is 9.98 Å². The Balaban J connectivity index is 1.95. The molecule has 0 aliphatic carbocycles. The van der Waals surface area contributed by atoms with Crippen LogP contribution in [0, 0.1) is 0 Å². The topological polar surface area (TPSA) is 77.3 Å². The third kappa shape index (κ3) is 10.5. The number of nitrogens with zero attached hydrogens (tertiary/aromatic N) is 2. The normalized spacial score (nSPS) is 11.3. The van der Waals surface area contributed by atoms with Crippen LogP contribution >= 0.6 is 0 Å². The van der Waals surface area contributed by atoms with Crippen LogP contribution in [0.3, 0.4) is 0 Å². The molecule has 2 rings (SSSR count). The summed E-state index contributed by atoms with van der Waals surface area (Å²) in [6.07, 6.45) is 12.7. The van der Waals surface area contributed by atoms with E-state index in [4.69, 9.17) is 9.47 Å². The van der Waals surface area contributed by atoms with Crippen LogP contribution in [-0.4, -0.2) is 50.3 Å². The summed E-state index contributed by atoms with van der Waals surface area (Å²) in [7, 11) is 0. The molecule has 36 heavy (non-hydrogen) atoms. The van der Waals surface area contributed by atoms with Crippen LogP contribution in [0.15, 0.2) is 58.5 Å². The van der Waals surface area contributed by atoms with Crippen molar-refractivity contribution in [3.05, 3.63) is 59.7 Å². The SMILES string of the molecule is CCCCCCN=CCOc1ccccc1C(=O)C(=O)c1ccccc1OCC=NCCCCCC. The van der Waals surface area contributed by atoms with Crippen LogP contribution in [0.4, 0.5) is 0 Å². The highest BCUT2D eigenvalue weighted by molar-refractivity contribution is 6.50. The predicted octanol–water partition coefficient (Wildman–Crippen LogP) is 6.81. The van der Waals surface area contributed by atoms with Gasteiger partial charge in [0.05, 0.1) is 11.1 Å². The lowest BCUT2D eigenvalue weighted by Gasteiger charge is -2.11. The smallest absolute Gasteiger partial charge is 0.237 e. The zero-order chi connectivity index (χ0) is 25.8. The van der Waals surface area contributed by atoms with E-state index < -0.39 is 11.6 Å². The summed E-state index contributed by atoms with van der Waals surface area (Å²) >= 11 is 0. The first-order valence-corrected chi connectivity index (χ1v) is 13.2. The third-order valence-electron chi connectivity index (χ3n) is 5.64. The fourth-order valence-electron chi connectivity index (χ4n) is 3.61. The predicted molar refractivity (Wildman–Crippen MR) is 148 cm³/mol. The van der Waals surface area contributed by atoms with Gasteiger partial charge in [-0.3, -0.25) is 19.6 Å². The van der Waals surface area contributed by atoms with Crippen molar-refractivity contribution >= 4 is 24.0 Å². The number of hydrogen-bond donors (Lipinski definition) is 0. The minimum Gasteiger partial charge on any atom is -0.487 e. The van der Waals surface area contributed by atoms with Crippen LogP contribution in [0.1, 0.15) is 85.9 Å². The second-order valence-electron chi connectivity index (χ2n) is 8.57. The molecule has 0 aliphatic rings. The van der Waals surface area contributed by atoms with Gasteiger partial charge in [0.2, 0.25) is 11.6 Å². The van der Waals surface area contributed by atoms with E-state index in [1.807, 2.05) is 0 Å². The molecule has 0 N–H and O–H groups in total. The zero-order valence-electron chi connectivity index (χ0n) is 21.8. The van der Waals surface area contributed by atoms with Crippen LogP contribution in [0.2, 0.25) is 0 Å². The average Bonchev–Trinajstić information content (AvgIpc) is 2.91. The van der Waals surface area contributed by atoms with Crippen molar-refractivity contribution in [2.45, 2.75) is 65.2 Å². The molecule has 2 aromatic carbocycles. The highest BCUT2D eigenvalue weighted by Gasteiger charge is 2.24. The molecule has 0 radical (unpaired) electrons. The number of ether oxygens (including phenoxy) is 2.